The van der Waals surface area contributed by atoms with Crippen molar-refractivity contribution in [2.24, 2.45) is 17.6 Å². The second-order valence-electron chi connectivity index (χ2n) is 13.8. The van der Waals surface area contributed by atoms with Crippen molar-refractivity contribution in [1.29, 1.82) is 0 Å². The second-order valence-corrected chi connectivity index (χ2v) is 13.8. The first-order valence-corrected chi connectivity index (χ1v) is 17.6. The van der Waals surface area contributed by atoms with Crippen molar-refractivity contribution in [3.05, 3.63) is 83.4 Å². The van der Waals surface area contributed by atoms with Crippen molar-refractivity contribution in [3.8, 4) is 22.8 Å². The van der Waals surface area contributed by atoms with E-state index in [0.29, 0.717) is 29.8 Å². The lowest BCUT2D eigenvalue weighted by atomic mass is 9.84. The lowest BCUT2D eigenvalue weighted by Gasteiger charge is -2.31. The average Bonchev–Trinajstić information content (AvgIpc) is 3.69. The van der Waals surface area contributed by atoms with Crippen LogP contribution in [0.3, 0.4) is 0 Å². The molecule has 4 N–H and O–H groups in total. The predicted octanol–water partition coefficient (Wildman–Crippen LogP) is 5.47. The summed E-state index contributed by atoms with van der Waals surface area (Å²) in [6.45, 7) is 12.7. The van der Waals surface area contributed by atoms with Gasteiger partial charge in [-0.2, -0.15) is 0 Å². The Morgan fingerprint density at radius 1 is 0.833 bits per heavy atom. The van der Waals surface area contributed by atoms with Crippen LogP contribution in [0, 0.1) is 11.8 Å². The van der Waals surface area contributed by atoms with E-state index in [1.807, 2.05) is 48.5 Å². The van der Waals surface area contributed by atoms with Crippen LogP contribution in [0.5, 0.6) is 0 Å². The number of benzene rings is 2. The number of hydrogen-bond donors (Lipinski definition) is 3. The molecule has 0 spiro atoms. The van der Waals surface area contributed by atoms with E-state index < -0.39 is 5.91 Å². The van der Waals surface area contributed by atoms with Crippen molar-refractivity contribution in [2.75, 3.05) is 19.6 Å². The number of carbonyl (C=O) groups excluding carboxylic acids is 2. The molecule has 48 heavy (non-hydrogen) atoms. The zero-order chi connectivity index (χ0) is 33.6. The van der Waals surface area contributed by atoms with Gasteiger partial charge in [0.15, 0.2) is 11.4 Å². The molecule has 254 valence electrons. The van der Waals surface area contributed by atoms with Gasteiger partial charge in [-0.25, -0.2) is 9.97 Å². The van der Waals surface area contributed by atoms with Gasteiger partial charge in [-0.15, -0.1) is 0 Å². The van der Waals surface area contributed by atoms with Crippen LogP contribution in [0.1, 0.15) is 85.2 Å². The van der Waals surface area contributed by atoms with Gasteiger partial charge in [0.25, 0.3) is 11.8 Å². The fraction of sp³-hybridized carbons (Fsp3) is 0.474. The maximum Gasteiger partial charge on any atom is 0.272 e. The Kier molecular flexibility index (Phi) is 10.7. The summed E-state index contributed by atoms with van der Waals surface area (Å²) in [5, 5.41) is 6.54. The molecule has 0 unspecified atom stereocenters. The number of fused-ring (bicyclic) bond motifs is 2. The molecule has 1 aliphatic carbocycles. The summed E-state index contributed by atoms with van der Waals surface area (Å²) in [6, 6.07) is 20.3. The molecule has 10 nitrogen and oxygen atoms in total. The van der Waals surface area contributed by atoms with Crippen molar-refractivity contribution in [3.63, 3.8) is 0 Å². The maximum atomic E-state index is 13.3. The van der Waals surface area contributed by atoms with E-state index in [2.05, 4.69) is 62.6 Å². The molecule has 4 aromatic rings. The van der Waals surface area contributed by atoms with Gasteiger partial charge in [-0.1, -0.05) is 93.8 Å². The molecule has 1 saturated carbocycles. The van der Waals surface area contributed by atoms with E-state index in [4.69, 9.17) is 10.7 Å². The van der Waals surface area contributed by atoms with Crippen LogP contribution >= 0.6 is 0 Å². The first kappa shape index (κ1) is 33.6. The van der Waals surface area contributed by atoms with Crippen LogP contribution in [0.25, 0.3) is 22.8 Å². The molecule has 10 heteroatoms. The third-order valence-electron chi connectivity index (χ3n) is 9.81. The largest absolute Gasteiger partial charge is 0.364 e. The highest BCUT2D eigenvalue weighted by Crippen LogP contribution is 2.29. The molecular weight excluding hydrogens is 600 g/mol. The fourth-order valence-corrected chi connectivity index (χ4v) is 7.42. The highest BCUT2D eigenvalue weighted by molar-refractivity contribution is 5.94. The number of nitrogens with zero attached hydrogens (tertiary/aromatic N) is 5. The van der Waals surface area contributed by atoms with Gasteiger partial charge in [-0.05, 0) is 31.6 Å². The molecule has 4 heterocycles. The summed E-state index contributed by atoms with van der Waals surface area (Å²) in [6.07, 6.45) is 6.35. The van der Waals surface area contributed by atoms with Crippen molar-refractivity contribution < 1.29 is 9.59 Å². The van der Waals surface area contributed by atoms with E-state index in [9.17, 15) is 9.59 Å². The van der Waals surface area contributed by atoms with Gasteiger partial charge in [-0.3, -0.25) is 14.5 Å². The Morgan fingerprint density at radius 3 is 2.04 bits per heavy atom. The molecule has 7 rings (SSSR count). The Hall–Kier alpha value is -4.28. The molecule has 2 amide bonds. The van der Waals surface area contributed by atoms with Crippen molar-refractivity contribution in [1.82, 2.24) is 34.6 Å². The lowest BCUT2D eigenvalue weighted by Crippen LogP contribution is -2.41. The standard InChI is InChI=1S/C25H36N4O.C13H14N4O/c1-18(2)16-28-14-15-29-22(17-28)23(27-24(29)21-12-8-5-9-13-21)25(30)26-19(3)20-10-6-4-7-11-20;14-12(18)11-10-8-15-6-7-17(10)13(16-11)9-4-2-1-3-5-9/h5,8-9,12-13,18-20H,4,6-7,10-11,14-17H2,1-3H3,(H,26,30);1-5,15H,6-8H2,(H2,14,18)/t19-;/m1./s1. The predicted molar refractivity (Wildman–Crippen MR) is 189 cm³/mol. The monoisotopic (exact) mass is 650 g/mol. The summed E-state index contributed by atoms with van der Waals surface area (Å²) in [5.41, 5.74) is 10.4. The van der Waals surface area contributed by atoms with Gasteiger partial charge in [0.05, 0.1) is 11.4 Å². The van der Waals surface area contributed by atoms with Crippen LogP contribution in [-0.4, -0.2) is 61.5 Å². The number of aromatic nitrogens is 4. The van der Waals surface area contributed by atoms with Gasteiger partial charge in [0.1, 0.15) is 11.6 Å². The minimum Gasteiger partial charge on any atom is -0.364 e. The van der Waals surface area contributed by atoms with Crippen LogP contribution in [0.4, 0.5) is 0 Å². The van der Waals surface area contributed by atoms with E-state index in [0.717, 1.165) is 73.4 Å². The molecule has 1 fully saturated rings. The Balaban J connectivity index is 0.000000189. The lowest BCUT2D eigenvalue weighted by molar-refractivity contribution is 0.0909. The number of imidazole rings is 2. The molecule has 2 aromatic heterocycles. The molecule has 0 saturated heterocycles. The number of rotatable bonds is 8. The molecule has 0 bridgehead atoms. The fourth-order valence-electron chi connectivity index (χ4n) is 7.42. The quantitative estimate of drug-likeness (QED) is 0.232. The van der Waals surface area contributed by atoms with Crippen molar-refractivity contribution >= 4 is 11.8 Å². The van der Waals surface area contributed by atoms with Crippen molar-refractivity contribution in [2.45, 2.75) is 85.1 Å². The van der Waals surface area contributed by atoms with Gasteiger partial charge in [0.2, 0.25) is 0 Å². The number of amides is 2. The summed E-state index contributed by atoms with van der Waals surface area (Å²) < 4.78 is 4.35. The Labute approximate surface area is 284 Å². The third kappa shape index (κ3) is 7.55. The number of primary amides is 1. The molecule has 0 radical (unpaired) electrons. The number of nitrogens with two attached hydrogens (primary N) is 1. The first-order chi connectivity index (χ1) is 23.3. The smallest absolute Gasteiger partial charge is 0.272 e. The summed E-state index contributed by atoms with van der Waals surface area (Å²) in [7, 11) is 0. The number of nitrogens with one attached hydrogen (secondary N) is 2. The van der Waals surface area contributed by atoms with Crippen LogP contribution in [-0.2, 0) is 26.2 Å². The molecular formula is C38H50N8O2. The average molecular weight is 651 g/mol. The van der Waals surface area contributed by atoms with E-state index in [-0.39, 0.29) is 11.9 Å². The van der Waals surface area contributed by atoms with Crippen LogP contribution in [0.2, 0.25) is 0 Å². The summed E-state index contributed by atoms with van der Waals surface area (Å²) >= 11 is 0. The summed E-state index contributed by atoms with van der Waals surface area (Å²) in [4.78, 5) is 36.5. The van der Waals surface area contributed by atoms with E-state index in [1.54, 1.807) is 0 Å². The normalized spacial score (nSPS) is 17.2. The van der Waals surface area contributed by atoms with E-state index in [1.165, 1.54) is 32.1 Å². The molecule has 2 aromatic carbocycles. The van der Waals surface area contributed by atoms with Crippen LogP contribution in [0.15, 0.2) is 60.7 Å². The minimum atomic E-state index is -0.468. The second kappa shape index (κ2) is 15.3. The maximum absolute atomic E-state index is 13.3. The van der Waals surface area contributed by atoms with Crippen LogP contribution < -0.4 is 16.4 Å². The van der Waals surface area contributed by atoms with Gasteiger partial charge in [0, 0.05) is 63.0 Å². The van der Waals surface area contributed by atoms with Gasteiger partial charge < -0.3 is 25.5 Å². The number of hydrogen-bond acceptors (Lipinski definition) is 6. The molecule has 2 aliphatic heterocycles. The number of carbonyl (C=O) groups is 2. The summed E-state index contributed by atoms with van der Waals surface area (Å²) in [5.74, 6) is 2.46. The molecule has 1 atom stereocenters. The highest BCUT2D eigenvalue weighted by atomic mass is 16.2. The highest BCUT2D eigenvalue weighted by Gasteiger charge is 2.30. The Morgan fingerprint density at radius 2 is 1.44 bits per heavy atom. The zero-order valence-electron chi connectivity index (χ0n) is 28.6. The zero-order valence-corrected chi connectivity index (χ0v) is 28.6. The Bertz CT molecular complexity index is 1690. The third-order valence-corrected chi connectivity index (χ3v) is 9.81. The molecule has 3 aliphatic rings. The first-order valence-electron chi connectivity index (χ1n) is 17.6. The SMILES string of the molecule is CC(C)CN1CCn2c(-c3ccccc3)nc(C(=O)N[C@H](C)C3CCCCC3)c2C1.NC(=O)c1nc(-c2ccccc2)n2c1CNCC2. The van der Waals surface area contributed by atoms with E-state index >= 15 is 0 Å². The van der Waals surface area contributed by atoms with Gasteiger partial charge >= 0.3 is 0 Å². The topological polar surface area (TPSA) is 123 Å². The minimum absolute atomic E-state index is 0.00889.